The summed E-state index contributed by atoms with van der Waals surface area (Å²) < 4.78 is 11.4. The van der Waals surface area contributed by atoms with E-state index >= 15 is 0 Å². The second-order valence-corrected chi connectivity index (χ2v) is 6.45. The fourth-order valence-electron chi connectivity index (χ4n) is 2.89. The molecule has 1 aliphatic rings. The van der Waals surface area contributed by atoms with Crippen molar-refractivity contribution in [2.75, 3.05) is 7.11 Å². The Morgan fingerprint density at radius 2 is 1.74 bits per heavy atom. The third-order valence-electron chi connectivity index (χ3n) is 4.49. The Bertz CT molecular complexity index is 602. The normalized spacial score (nSPS) is 13.8. The van der Waals surface area contributed by atoms with Crippen LogP contribution < -0.4 is 9.47 Å². The minimum absolute atomic E-state index is 0.567. The number of ether oxygens (including phenoxy) is 2. The van der Waals surface area contributed by atoms with E-state index in [1.54, 1.807) is 7.11 Å². The molecule has 1 saturated carbocycles. The van der Waals surface area contributed by atoms with E-state index < -0.39 is 0 Å². The number of hydrogen-bond donors (Lipinski definition) is 0. The van der Waals surface area contributed by atoms with Crippen LogP contribution >= 0.6 is 0 Å². The highest BCUT2D eigenvalue weighted by molar-refractivity contribution is 5.43. The molecule has 0 N–H and O–H groups in total. The molecule has 3 rings (SSSR count). The average Bonchev–Trinajstić information content (AvgIpc) is 3.42. The number of unbranched alkanes of at least 4 members (excludes halogenated alkanes) is 1. The van der Waals surface area contributed by atoms with Crippen LogP contribution in [0.5, 0.6) is 11.5 Å². The second kappa shape index (κ2) is 8.05. The van der Waals surface area contributed by atoms with Gasteiger partial charge in [0.25, 0.3) is 0 Å². The van der Waals surface area contributed by atoms with E-state index in [2.05, 4.69) is 24.3 Å². The quantitative estimate of drug-likeness (QED) is 0.578. The molecule has 0 saturated heterocycles. The maximum Gasteiger partial charge on any atom is 0.161 e. The maximum absolute atomic E-state index is 5.91. The van der Waals surface area contributed by atoms with Gasteiger partial charge in [0, 0.05) is 0 Å². The van der Waals surface area contributed by atoms with Gasteiger partial charge in [0.05, 0.1) is 7.11 Å². The molecule has 0 bridgehead atoms. The second-order valence-electron chi connectivity index (χ2n) is 6.45. The van der Waals surface area contributed by atoms with E-state index in [1.807, 2.05) is 24.3 Å². The zero-order valence-corrected chi connectivity index (χ0v) is 14.0. The lowest BCUT2D eigenvalue weighted by Crippen LogP contribution is -1.98. The molecule has 0 atom stereocenters. The van der Waals surface area contributed by atoms with Crippen molar-refractivity contribution in [1.82, 2.24) is 0 Å². The molecule has 122 valence electrons. The maximum atomic E-state index is 5.91. The van der Waals surface area contributed by atoms with E-state index in [0.717, 1.165) is 23.8 Å². The molecule has 0 aromatic heterocycles. The van der Waals surface area contributed by atoms with Crippen molar-refractivity contribution >= 4 is 0 Å². The van der Waals surface area contributed by atoms with Gasteiger partial charge in [-0.25, -0.2) is 0 Å². The van der Waals surface area contributed by atoms with Gasteiger partial charge in [-0.2, -0.15) is 0 Å². The zero-order chi connectivity index (χ0) is 15.9. The summed E-state index contributed by atoms with van der Waals surface area (Å²) in [5.41, 5.74) is 2.50. The summed E-state index contributed by atoms with van der Waals surface area (Å²) in [6.07, 6.45) is 8.07. The fraction of sp³-hybridized carbons (Fsp3) is 0.429. The highest BCUT2D eigenvalue weighted by Crippen LogP contribution is 2.34. The van der Waals surface area contributed by atoms with Crippen molar-refractivity contribution in [2.24, 2.45) is 5.92 Å². The lowest BCUT2D eigenvalue weighted by atomic mass is 10.1. The van der Waals surface area contributed by atoms with Crippen LogP contribution in [0.4, 0.5) is 0 Å². The first-order valence-electron chi connectivity index (χ1n) is 8.69. The molecule has 0 heterocycles. The molecular formula is C21H26O2. The largest absolute Gasteiger partial charge is 0.493 e. The third-order valence-corrected chi connectivity index (χ3v) is 4.49. The predicted molar refractivity (Wildman–Crippen MR) is 94.0 cm³/mol. The number of aryl methyl sites for hydroxylation is 1. The molecule has 0 amide bonds. The molecule has 0 unspecified atom stereocenters. The van der Waals surface area contributed by atoms with Crippen LogP contribution in [0, 0.1) is 5.92 Å². The molecule has 0 radical (unpaired) electrons. The summed E-state index contributed by atoms with van der Waals surface area (Å²) in [5.74, 6) is 2.69. The van der Waals surface area contributed by atoms with Crippen molar-refractivity contribution in [1.29, 1.82) is 0 Å². The van der Waals surface area contributed by atoms with Crippen molar-refractivity contribution in [2.45, 2.75) is 45.1 Å². The highest BCUT2D eigenvalue weighted by Gasteiger charge is 2.19. The van der Waals surface area contributed by atoms with Gasteiger partial charge in [-0.3, -0.25) is 0 Å². The molecule has 0 aliphatic heterocycles. The van der Waals surface area contributed by atoms with Crippen LogP contribution in [0.2, 0.25) is 0 Å². The summed E-state index contributed by atoms with van der Waals surface area (Å²) in [6, 6.07) is 16.5. The lowest BCUT2D eigenvalue weighted by molar-refractivity contribution is 0.284. The standard InChI is InChI=1S/C21H26O2/c1-22-21-15-18(8-6-5-7-17-11-12-17)13-14-20(21)23-16-19-9-3-2-4-10-19/h2-4,9-10,13-15,17H,5-8,11-12,16H2,1H3. The van der Waals surface area contributed by atoms with Gasteiger partial charge < -0.3 is 9.47 Å². The van der Waals surface area contributed by atoms with E-state index in [1.165, 1.54) is 43.2 Å². The number of hydrogen-bond acceptors (Lipinski definition) is 2. The molecule has 0 spiro atoms. The van der Waals surface area contributed by atoms with Crippen LogP contribution in [-0.4, -0.2) is 7.11 Å². The van der Waals surface area contributed by atoms with Crippen LogP contribution in [0.3, 0.4) is 0 Å². The van der Waals surface area contributed by atoms with Gasteiger partial charge in [-0.15, -0.1) is 0 Å². The Hall–Kier alpha value is -1.96. The molecule has 23 heavy (non-hydrogen) atoms. The molecule has 2 heteroatoms. The SMILES string of the molecule is COc1cc(CCCCC2CC2)ccc1OCc1ccccc1. The fourth-order valence-corrected chi connectivity index (χ4v) is 2.89. The first-order chi connectivity index (χ1) is 11.3. The van der Waals surface area contributed by atoms with Crippen LogP contribution in [0.15, 0.2) is 48.5 Å². The van der Waals surface area contributed by atoms with Gasteiger partial charge in [0.1, 0.15) is 6.61 Å². The van der Waals surface area contributed by atoms with Crippen LogP contribution in [0.25, 0.3) is 0 Å². The van der Waals surface area contributed by atoms with Gasteiger partial charge >= 0.3 is 0 Å². The molecule has 2 aromatic carbocycles. The number of benzene rings is 2. The third kappa shape index (κ3) is 5.02. The van der Waals surface area contributed by atoms with Gasteiger partial charge in [-0.05, 0) is 42.0 Å². The summed E-state index contributed by atoms with van der Waals surface area (Å²) in [5, 5.41) is 0. The monoisotopic (exact) mass is 310 g/mol. The summed E-state index contributed by atoms with van der Waals surface area (Å²) in [4.78, 5) is 0. The van der Waals surface area contributed by atoms with E-state index in [-0.39, 0.29) is 0 Å². The van der Waals surface area contributed by atoms with Gasteiger partial charge in [0.15, 0.2) is 11.5 Å². The van der Waals surface area contributed by atoms with Gasteiger partial charge in [-0.1, -0.05) is 62.1 Å². The van der Waals surface area contributed by atoms with E-state index in [9.17, 15) is 0 Å². The smallest absolute Gasteiger partial charge is 0.161 e. The molecule has 2 nitrogen and oxygen atoms in total. The Balaban J connectivity index is 1.53. The molecule has 2 aromatic rings. The Kier molecular flexibility index (Phi) is 5.57. The number of methoxy groups -OCH3 is 1. The first kappa shape index (κ1) is 15.9. The Labute approximate surface area is 139 Å². The van der Waals surface area contributed by atoms with Crippen LogP contribution in [-0.2, 0) is 13.0 Å². The van der Waals surface area contributed by atoms with Crippen molar-refractivity contribution in [3.8, 4) is 11.5 Å². The molecular weight excluding hydrogens is 284 g/mol. The molecule has 1 fully saturated rings. The average molecular weight is 310 g/mol. The summed E-state index contributed by atoms with van der Waals surface area (Å²) in [6.45, 7) is 0.567. The number of rotatable bonds is 9. The molecule has 1 aliphatic carbocycles. The van der Waals surface area contributed by atoms with Gasteiger partial charge in [0.2, 0.25) is 0 Å². The minimum Gasteiger partial charge on any atom is -0.493 e. The van der Waals surface area contributed by atoms with Crippen LogP contribution in [0.1, 0.15) is 43.2 Å². The van der Waals surface area contributed by atoms with E-state index in [0.29, 0.717) is 6.61 Å². The Morgan fingerprint density at radius 3 is 2.48 bits per heavy atom. The van der Waals surface area contributed by atoms with Crippen molar-refractivity contribution in [3.63, 3.8) is 0 Å². The lowest BCUT2D eigenvalue weighted by Gasteiger charge is -2.12. The summed E-state index contributed by atoms with van der Waals surface area (Å²) in [7, 11) is 1.71. The van der Waals surface area contributed by atoms with Crippen molar-refractivity contribution < 1.29 is 9.47 Å². The topological polar surface area (TPSA) is 18.5 Å². The Morgan fingerprint density at radius 1 is 0.913 bits per heavy atom. The zero-order valence-electron chi connectivity index (χ0n) is 14.0. The van der Waals surface area contributed by atoms with E-state index in [4.69, 9.17) is 9.47 Å². The minimum atomic E-state index is 0.567. The highest BCUT2D eigenvalue weighted by atomic mass is 16.5. The summed E-state index contributed by atoms with van der Waals surface area (Å²) >= 11 is 0. The first-order valence-corrected chi connectivity index (χ1v) is 8.69. The van der Waals surface area contributed by atoms with Crippen molar-refractivity contribution in [3.05, 3.63) is 59.7 Å². The predicted octanol–water partition coefficient (Wildman–Crippen LogP) is 5.40.